The van der Waals surface area contributed by atoms with Crippen molar-refractivity contribution in [2.45, 2.75) is 38.6 Å². The van der Waals surface area contributed by atoms with Crippen LogP contribution in [-0.4, -0.2) is 30.2 Å². The van der Waals surface area contributed by atoms with Crippen molar-refractivity contribution in [3.8, 4) is 5.69 Å². The molecule has 1 aliphatic carbocycles. The van der Waals surface area contributed by atoms with Gasteiger partial charge >= 0.3 is 0 Å². The van der Waals surface area contributed by atoms with Crippen molar-refractivity contribution in [2.24, 2.45) is 0 Å². The molecule has 0 atom stereocenters. The van der Waals surface area contributed by atoms with Crippen LogP contribution in [0.15, 0.2) is 48.0 Å². The van der Waals surface area contributed by atoms with Crippen molar-refractivity contribution < 1.29 is 4.79 Å². The zero-order valence-electron chi connectivity index (χ0n) is 16.2. The summed E-state index contributed by atoms with van der Waals surface area (Å²) in [7, 11) is 0. The van der Waals surface area contributed by atoms with Gasteiger partial charge in [-0.1, -0.05) is 12.1 Å². The molecule has 0 fully saturated rings. The minimum absolute atomic E-state index is 0.0461. The first-order chi connectivity index (χ1) is 14.7. The van der Waals surface area contributed by atoms with Gasteiger partial charge in [0.2, 0.25) is 5.91 Å². The number of hydrogen-bond donors (Lipinski definition) is 1. The number of amides is 1. The SMILES string of the molecule is O=C(CCn1cnc2sc3c(c2c1=O)CCCC3)Nc1ccccc1-n1cncn1. The molecule has 5 rings (SSSR count). The summed E-state index contributed by atoms with van der Waals surface area (Å²) in [5.41, 5.74) is 2.49. The second-order valence-electron chi connectivity index (χ2n) is 7.29. The summed E-state index contributed by atoms with van der Waals surface area (Å²) in [5.74, 6) is -0.179. The first-order valence-electron chi connectivity index (χ1n) is 9.94. The Labute approximate surface area is 176 Å². The summed E-state index contributed by atoms with van der Waals surface area (Å²) in [6.07, 6.45) is 9.00. The van der Waals surface area contributed by atoms with Crippen molar-refractivity contribution in [1.29, 1.82) is 0 Å². The van der Waals surface area contributed by atoms with Crippen LogP contribution in [0, 0.1) is 0 Å². The largest absolute Gasteiger partial charge is 0.324 e. The quantitative estimate of drug-likeness (QED) is 0.536. The Balaban J connectivity index is 1.34. The van der Waals surface area contributed by atoms with E-state index >= 15 is 0 Å². The Morgan fingerprint density at radius 3 is 2.90 bits per heavy atom. The summed E-state index contributed by atoms with van der Waals surface area (Å²) in [6.45, 7) is 0.281. The highest BCUT2D eigenvalue weighted by Gasteiger charge is 2.20. The molecule has 3 heterocycles. The molecule has 9 heteroatoms. The van der Waals surface area contributed by atoms with Gasteiger partial charge in [0.1, 0.15) is 17.5 Å². The molecule has 0 unspecified atom stereocenters. The van der Waals surface area contributed by atoms with Crippen molar-refractivity contribution in [1.82, 2.24) is 24.3 Å². The minimum Gasteiger partial charge on any atom is -0.324 e. The lowest BCUT2D eigenvalue weighted by Gasteiger charge is -2.12. The Bertz CT molecular complexity index is 1270. The fourth-order valence-corrected chi connectivity index (χ4v) is 5.11. The zero-order chi connectivity index (χ0) is 20.5. The molecule has 152 valence electrons. The van der Waals surface area contributed by atoms with Gasteiger partial charge in [-0.05, 0) is 43.4 Å². The van der Waals surface area contributed by atoms with Gasteiger partial charge < -0.3 is 5.32 Å². The standard InChI is InChI=1S/C21H20N6O2S/c28-18(25-15-6-2-3-7-16(15)27-12-22-11-24-27)9-10-26-13-23-20-19(21(26)29)14-5-1-4-8-17(14)30-20/h2-3,6-7,11-13H,1,4-5,8-10H2,(H,25,28). The third-order valence-electron chi connectivity index (χ3n) is 5.37. The Hall–Kier alpha value is -3.33. The molecule has 0 bridgehead atoms. The highest BCUT2D eigenvalue weighted by atomic mass is 32.1. The minimum atomic E-state index is -0.179. The van der Waals surface area contributed by atoms with E-state index in [1.807, 2.05) is 24.3 Å². The lowest BCUT2D eigenvalue weighted by Crippen LogP contribution is -2.24. The fraction of sp³-hybridized carbons (Fsp3) is 0.286. The summed E-state index contributed by atoms with van der Waals surface area (Å²) < 4.78 is 3.14. The lowest BCUT2D eigenvalue weighted by molar-refractivity contribution is -0.116. The molecule has 3 aromatic heterocycles. The number of carbonyl (C=O) groups is 1. The van der Waals surface area contributed by atoms with E-state index in [0.29, 0.717) is 5.69 Å². The van der Waals surface area contributed by atoms with E-state index in [2.05, 4.69) is 20.4 Å². The third kappa shape index (κ3) is 3.41. The van der Waals surface area contributed by atoms with Crippen molar-refractivity contribution in [3.05, 3.63) is 64.0 Å². The number of aromatic nitrogens is 5. The predicted molar refractivity (Wildman–Crippen MR) is 115 cm³/mol. The van der Waals surface area contributed by atoms with E-state index in [4.69, 9.17) is 0 Å². The molecule has 1 N–H and O–H groups in total. The van der Waals surface area contributed by atoms with Gasteiger partial charge in [-0.25, -0.2) is 14.6 Å². The third-order valence-corrected chi connectivity index (χ3v) is 6.57. The molecule has 30 heavy (non-hydrogen) atoms. The number of nitrogens with one attached hydrogen (secondary N) is 1. The molecule has 1 aromatic carbocycles. The van der Waals surface area contributed by atoms with E-state index in [9.17, 15) is 9.59 Å². The summed E-state index contributed by atoms with van der Waals surface area (Å²) in [5, 5.41) is 7.77. The molecule has 8 nitrogen and oxygen atoms in total. The molecule has 0 aliphatic heterocycles. The molecule has 0 saturated carbocycles. The molecular formula is C21H20N6O2S. The maximum absolute atomic E-state index is 13.0. The lowest BCUT2D eigenvalue weighted by atomic mass is 9.97. The number of rotatable bonds is 5. The monoisotopic (exact) mass is 420 g/mol. The first kappa shape index (κ1) is 18.7. The highest BCUT2D eigenvalue weighted by molar-refractivity contribution is 7.18. The zero-order valence-corrected chi connectivity index (χ0v) is 17.1. The fourth-order valence-electron chi connectivity index (χ4n) is 3.89. The van der Waals surface area contributed by atoms with Crippen LogP contribution in [0.5, 0.6) is 0 Å². The van der Waals surface area contributed by atoms with Crippen LogP contribution in [-0.2, 0) is 24.2 Å². The van der Waals surface area contributed by atoms with Crippen molar-refractivity contribution in [3.63, 3.8) is 0 Å². The Morgan fingerprint density at radius 1 is 1.17 bits per heavy atom. The molecule has 0 radical (unpaired) electrons. The smallest absolute Gasteiger partial charge is 0.262 e. The van der Waals surface area contributed by atoms with E-state index in [1.54, 1.807) is 33.2 Å². The van der Waals surface area contributed by atoms with Gasteiger partial charge in [-0.15, -0.1) is 11.3 Å². The van der Waals surface area contributed by atoms with E-state index in [0.717, 1.165) is 35.2 Å². The highest BCUT2D eigenvalue weighted by Crippen LogP contribution is 2.33. The van der Waals surface area contributed by atoms with Gasteiger partial charge in [0.15, 0.2) is 0 Å². The topological polar surface area (TPSA) is 94.7 Å². The number of fused-ring (bicyclic) bond motifs is 3. The van der Waals surface area contributed by atoms with Gasteiger partial charge in [-0.2, -0.15) is 5.10 Å². The van der Waals surface area contributed by atoms with Crippen LogP contribution in [0.25, 0.3) is 15.9 Å². The van der Waals surface area contributed by atoms with Crippen LogP contribution in [0.3, 0.4) is 0 Å². The van der Waals surface area contributed by atoms with Crippen LogP contribution in [0.1, 0.15) is 29.7 Å². The maximum Gasteiger partial charge on any atom is 0.262 e. The summed E-state index contributed by atoms with van der Waals surface area (Å²) in [6, 6.07) is 7.38. The van der Waals surface area contributed by atoms with Gasteiger partial charge in [0, 0.05) is 17.8 Å². The Morgan fingerprint density at radius 2 is 2.03 bits per heavy atom. The predicted octanol–water partition coefficient (Wildman–Crippen LogP) is 2.95. The van der Waals surface area contributed by atoms with Gasteiger partial charge in [-0.3, -0.25) is 14.2 Å². The summed E-state index contributed by atoms with van der Waals surface area (Å²) in [4.78, 5) is 36.1. The van der Waals surface area contributed by atoms with Crippen LogP contribution >= 0.6 is 11.3 Å². The number of hydrogen-bond acceptors (Lipinski definition) is 6. The summed E-state index contributed by atoms with van der Waals surface area (Å²) >= 11 is 1.63. The number of benzene rings is 1. The second kappa shape index (κ2) is 7.83. The average Bonchev–Trinajstić information content (AvgIpc) is 3.42. The molecule has 4 aromatic rings. The number of anilines is 1. The Kier molecular flexibility index (Phi) is 4.88. The molecular weight excluding hydrogens is 400 g/mol. The van der Waals surface area contributed by atoms with Gasteiger partial charge in [0.25, 0.3) is 5.56 Å². The number of carbonyl (C=O) groups excluding carboxylic acids is 1. The number of para-hydroxylation sites is 2. The molecule has 1 aliphatic rings. The number of aryl methyl sites for hydroxylation is 3. The van der Waals surface area contributed by atoms with Crippen LogP contribution in [0.2, 0.25) is 0 Å². The molecule has 1 amide bonds. The normalized spacial score (nSPS) is 13.3. The molecule has 0 spiro atoms. The van der Waals surface area contributed by atoms with Crippen molar-refractivity contribution in [2.75, 3.05) is 5.32 Å². The number of thiophene rings is 1. The maximum atomic E-state index is 13.0. The second-order valence-corrected chi connectivity index (χ2v) is 8.37. The molecule has 0 saturated heterocycles. The van der Waals surface area contributed by atoms with Crippen LogP contribution in [0.4, 0.5) is 5.69 Å². The number of nitrogens with zero attached hydrogens (tertiary/aromatic N) is 5. The average molecular weight is 420 g/mol. The van der Waals surface area contributed by atoms with E-state index in [-0.39, 0.29) is 24.4 Å². The van der Waals surface area contributed by atoms with Gasteiger partial charge in [0.05, 0.1) is 23.1 Å². The first-order valence-corrected chi connectivity index (χ1v) is 10.8. The van der Waals surface area contributed by atoms with E-state index in [1.165, 1.54) is 23.2 Å². The van der Waals surface area contributed by atoms with Crippen LogP contribution < -0.4 is 10.9 Å². The van der Waals surface area contributed by atoms with Crippen molar-refractivity contribution >= 4 is 33.1 Å². The van der Waals surface area contributed by atoms with E-state index < -0.39 is 0 Å².